The van der Waals surface area contributed by atoms with Gasteiger partial charge in [-0.3, -0.25) is 4.21 Å². The van der Waals surface area contributed by atoms with E-state index in [1.807, 2.05) is 37.3 Å². The maximum atomic E-state index is 12.7. The van der Waals surface area contributed by atoms with Crippen LogP contribution >= 0.6 is 0 Å². The number of hydrogen-bond acceptors (Lipinski definition) is 1. The van der Waals surface area contributed by atoms with E-state index in [4.69, 9.17) is 0 Å². The summed E-state index contributed by atoms with van der Waals surface area (Å²) >= 11 is 0. The summed E-state index contributed by atoms with van der Waals surface area (Å²) in [7, 11) is -0.976. The molecule has 20 heavy (non-hydrogen) atoms. The van der Waals surface area contributed by atoms with E-state index in [0.717, 1.165) is 17.7 Å². The molecule has 0 amide bonds. The molecule has 1 nitrogen and oxygen atoms in total. The highest BCUT2D eigenvalue weighted by atomic mass is 32.2. The van der Waals surface area contributed by atoms with E-state index in [1.54, 1.807) is 0 Å². The fraction of sp³-hybridized carbons (Fsp3) is 0.333. The summed E-state index contributed by atoms with van der Waals surface area (Å²) in [6, 6.07) is 18.4. The third-order valence-electron chi connectivity index (χ3n) is 3.60. The minimum atomic E-state index is -0.976. The standard InChI is InChI=1S/C18H22OS/c1-15-9-11-17(12-10-15)20(19)18(2,3)14-13-16-7-5-4-6-8-16/h4-12H,13-14H2,1-3H3. The van der Waals surface area contributed by atoms with Gasteiger partial charge in [-0.15, -0.1) is 0 Å². The second-order valence-corrected chi connectivity index (χ2v) is 7.94. The molecule has 2 aromatic rings. The van der Waals surface area contributed by atoms with Crippen molar-refractivity contribution in [1.82, 2.24) is 0 Å². The molecular weight excluding hydrogens is 264 g/mol. The Morgan fingerprint density at radius 2 is 1.55 bits per heavy atom. The quantitative estimate of drug-likeness (QED) is 0.790. The Bertz CT molecular complexity index is 570. The Balaban J connectivity index is 2.05. The van der Waals surface area contributed by atoms with E-state index in [-0.39, 0.29) is 4.75 Å². The third kappa shape index (κ3) is 3.80. The second kappa shape index (κ2) is 6.36. The molecule has 0 spiro atoms. The summed E-state index contributed by atoms with van der Waals surface area (Å²) < 4.78 is 12.5. The molecule has 0 radical (unpaired) electrons. The summed E-state index contributed by atoms with van der Waals surface area (Å²) in [4.78, 5) is 0.925. The van der Waals surface area contributed by atoms with Gasteiger partial charge in [0.05, 0.1) is 10.8 Å². The number of aryl methyl sites for hydroxylation is 2. The topological polar surface area (TPSA) is 17.1 Å². The van der Waals surface area contributed by atoms with E-state index in [2.05, 4.69) is 38.1 Å². The summed E-state index contributed by atoms with van der Waals surface area (Å²) in [6.45, 7) is 6.23. The molecule has 0 saturated carbocycles. The molecule has 0 aliphatic carbocycles. The van der Waals surface area contributed by atoms with Gasteiger partial charge in [-0.25, -0.2) is 0 Å². The molecule has 1 atom stereocenters. The molecule has 0 aliphatic heterocycles. The number of benzene rings is 2. The fourth-order valence-electron chi connectivity index (χ4n) is 2.16. The minimum Gasteiger partial charge on any atom is -0.254 e. The molecular formula is C18H22OS. The first-order valence-electron chi connectivity index (χ1n) is 7.01. The molecule has 0 saturated heterocycles. The van der Waals surface area contributed by atoms with Gasteiger partial charge < -0.3 is 0 Å². The van der Waals surface area contributed by atoms with Gasteiger partial charge in [-0.2, -0.15) is 0 Å². The lowest BCUT2D eigenvalue weighted by atomic mass is 10.0. The largest absolute Gasteiger partial charge is 0.254 e. The van der Waals surface area contributed by atoms with E-state index < -0.39 is 10.8 Å². The van der Waals surface area contributed by atoms with Gasteiger partial charge in [0.25, 0.3) is 0 Å². The summed E-state index contributed by atoms with van der Waals surface area (Å²) in [5.74, 6) is 0. The third-order valence-corrected chi connectivity index (χ3v) is 5.50. The lowest BCUT2D eigenvalue weighted by Gasteiger charge is -2.24. The maximum Gasteiger partial charge on any atom is 0.0586 e. The molecule has 0 aliphatic rings. The minimum absolute atomic E-state index is 0.217. The van der Waals surface area contributed by atoms with Crippen molar-refractivity contribution in [3.8, 4) is 0 Å². The molecule has 2 rings (SSSR count). The SMILES string of the molecule is Cc1ccc(S(=O)C(C)(C)CCc2ccccc2)cc1. The molecule has 106 valence electrons. The van der Waals surface area contributed by atoms with Crippen molar-refractivity contribution >= 4 is 10.8 Å². The van der Waals surface area contributed by atoms with Crippen molar-refractivity contribution in [1.29, 1.82) is 0 Å². The van der Waals surface area contributed by atoms with Crippen molar-refractivity contribution in [3.05, 3.63) is 65.7 Å². The van der Waals surface area contributed by atoms with E-state index >= 15 is 0 Å². The van der Waals surface area contributed by atoms with Gasteiger partial charge in [0.1, 0.15) is 0 Å². The molecule has 0 heterocycles. The Kier molecular flexibility index (Phi) is 4.77. The summed E-state index contributed by atoms with van der Waals surface area (Å²) in [5, 5.41) is 0. The average Bonchev–Trinajstić information content (AvgIpc) is 2.46. The molecule has 0 N–H and O–H groups in total. The fourth-order valence-corrected chi connectivity index (χ4v) is 3.47. The zero-order valence-corrected chi connectivity index (χ0v) is 13.2. The highest BCUT2D eigenvalue weighted by Gasteiger charge is 2.26. The zero-order valence-electron chi connectivity index (χ0n) is 12.4. The van der Waals surface area contributed by atoms with Crippen LogP contribution in [0.1, 0.15) is 31.4 Å². The van der Waals surface area contributed by atoms with Gasteiger partial charge in [-0.1, -0.05) is 48.0 Å². The van der Waals surface area contributed by atoms with Crippen LogP contribution in [0, 0.1) is 6.92 Å². The molecule has 1 unspecified atom stereocenters. The van der Waals surface area contributed by atoms with E-state index in [1.165, 1.54) is 11.1 Å². The molecule has 2 heteroatoms. The van der Waals surface area contributed by atoms with Crippen LogP contribution in [0.5, 0.6) is 0 Å². The van der Waals surface area contributed by atoms with Crippen LogP contribution in [0.2, 0.25) is 0 Å². The highest BCUT2D eigenvalue weighted by Crippen LogP contribution is 2.26. The van der Waals surface area contributed by atoms with Gasteiger partial charge in [0.15, 0.2) is 0 Å². The lowest BCUT2D eigenvalue weighted by Crippen LogP contribution is -2.27. The Morgan fingerprint density at radius 3 is 2.15 bits per heavy atom. The van der Waals surface area contributed by atoms with Crippen molar-refractivity contribution in [3.63, 3.8) is 0 Å². The first-order valence-corrected chi connectivity index (χ1v) is 8.16. The first-order chi connectivity index (χ1) is 9.49. The van der Waals surface area contributed by atoms with Crippen LogP contribution in [0.3, 0.4) is 0 Å². The summed E-state index contributed by atoms with van der Waals surface area (Å²) in [6.07, 6.45) is 1.88. The van der Waals surface area contributed by atoms with Gasteiger partial charge >= 0.3 is 0 Å². The Hall–Kier alpha value is -1.41. The zero-order chi connectivity index (χ0) is 14.6. The molecule has 0 fully saturated rings. The van der Waals surface area contributed by atoms with Crippen LogP contribution in [0.4, 0.5) is 0 Å². The van der Waals surface area contributed by atoms with Crippen molar-refractivity contribution in [2.24, 2.45) is 0 Å². The Labute approximate surface area is 124 Å². The van der Waals surface area contributed by atoms with Crippen molar-refractivity contribution < 1.29 is 4.21 Å². The monoisotopic (exact) mass is 286 g/mol. The van der Waals surface area contributed by atoms with Crippen LogP contribution < -0.4 is 0 Å². The predicted octanol–water partition coefficient (Wildman–Crippen LogP) is 4.51. The summed E-state index contributed by atoms with van der Waals surface area (Å²) in [5.41, 5.74) is 2.51. The number of rotatable bonds is 5. The van der Waals surface area contributed by atoms with Gasteiger partial charge in [-0.05, 0) is 51.3 Å². The molecule has 0 aromatic heterocycles. The molecule has 0 bridgehead atoms. The van der Waals surface area contributed by atoms with Crippen molar-refractivity contribution in [2.45, 2.75) is 43.3 Å². The van der Waals surface area contributed by atoms with E-state index in [9.17, 15) is 4.21 Å². The Morgan fingerprint density at radius 1 is 0.950 bits per heavy atom. The second-order valence-electron chi connectivity index (χ2n) is 5.83. The smallest absolute Gasteiger partial charge is 0.0586 e. The van der Waals surface area contributed by atoms with Crippen LogP contribution in [-0.2, 0) is 17.2 Å². The normalized spacial score (nSPS) is 13.2. The molecule has 2 aromatic carbocycles. The average molecular weight is 286 g/mol. The van der Waals surface area contributed by atoms with Gasteiger partial charge in [0.2, 0.25) is 0 Å². The van der Waals surface area contributed by atoms with Crippen LogP contribution in [-0.4, -0.2) is 8.96 Å². The van der Waals surface area contributed by atoms with Crippen LogP contribution in [0.25, 0.3) is 0 Å². The maximum absolute atomic E-state index is 12.7. The number of hydrogen-bond donors (Lipinski definition) is 0. The highest BCUT2D eigenvalue weighted by molar-refractivity contribution is 7.86. The van der Waals surface area contributed by atoms with Crippen molar-refractivity contribution in [2.75, 3.05) is 0 Å². The van der Waals surface area contributed by atoms with Crippen LogP contribution in [0.15, 0.2) is 59.5 Å². The van der Waals surface area contributed by atoms with Gasteiger partial charge in [0, 0.05) is 9.64 Å². The predicted molar refractivity (Wildman–Crippen MR) is 86.4 cm³/mol. The lowest BCUT2D eigenvalue weighted by molar-refractivity contribution is 0.590. The first kappa shape index (κ1) is 15.0. The van der Waals surface area contributed by atoms with E-state index in [0.29, 0.717) is 0 Å².